The summed E-state index contributed by atoms with van der Waals surface area (Å²) in [4.78, 5) is 4.14. The highest BCUT2D eigenvalue weighted by Crippen LogP contribution is 2.24. The quantitative estimate of drug-likeness (QED) is 0.396. The molecule has 0 amide bonds. The smallest absolute Gasteiger partial charge is 0.191 e. The van der Waals surface area contributed by atoms with Crippen molar-refractivity contribution in [3.05, 3.63) is 59.4 Å². The highest BCUT2D eigenvalue weighted by molar-refractivity contribution is 14.0. The van der Waals surface area contributed by atoms with Crippen molar-refractivity contribution in [2.75, 3.05) is 21.3 Å². The third kappa shape index (κ3) is 6.08. The normalized spacial score (nSPS) is 10.6. The molecule has 0 aliphatic carbocycles. The molecule has 0 aromatic heterocycles. The van der Waals surface area contributed by atoms with Gasteiger partial charge in [-0.05, 0) is 18.2 Å². The molecule has 25 heavy (non-hydrogen) atoms. The Labute approximate surface area is 164 Å². The van der Waals surface area contributed by atoms with E-state index in [1.165, 1.54) is 6.07 Å². The fourth-order valence-corrected chi connectivity index (χ4v) is 2.22. The van der Waals surface area contributed by atoms with Gasteiger partial charge in [-0.1, -0.05) is 18.2 Å². The van der Waals surface area contributed by atoms with Gasteiger partial charge in [0, 0.05) is 37.3 Å². The summed E-state index contributed by atoms with van der Waals surface area (Å²) in [5.41, 5.74) is 1.55. The van der Waals surface area contributed by atoms with E-state index in [4.69, 9.17) is 9.47 Å². The molecule has 0 saturated carbocycles. The van der Waals surface area contributed by atoms with Crippen molar-refractivity contribution in [2.24, 2.45) is 4.99 Å². The largest absolute Gasteiger partial charge is 0.497 e. The first kappa shape index (κ1) is 21.0. The van der Waals surface area contributed by atoms with Crippen LogP contribution in [0.1, 0.15) is 11.1 Å². The predicted octanol–water partition coefficient (Wildman–Crippen LogP) is 3.33. The second-order valence-corrected chi connectivity index (χ2v) is 5.05. The van der Waals surface area contributed by atoms with Gasteiger partial charge in [0.15, 0.2) is 5.96 Å². The van der Waals surface area contributed by atoms with Gasteiger partial charge in [-0.25, -0.2) is 4.39 Å². The highest BCUT2D eigenvalue weighted by atomic mass is 127. The lowest BCUT2D eigenvalue weighted by Gasteiger charge is -2.14. The van der Waals surface area contributed by atoms with Gasteiger partial charge in [-0.15, -0.1) is 24.0 Å². The summed E-state index contributed by atoms with van der Waals surface area (Å²) in [5, 5.41) is 6.27. The van der Waals surface area contributed by atoms with Crippen LogP contribution in [0.5, 0.6) is 11.5 Å². The van der Waals surface area contributed by atoms with Gasteiger partial charge >= 0.3 is 0 Å². The number of rotatable bonds is 6. The zero-order valence-electron chi connectivity index (χ0n) is 14.5. The van der Waals surface area contributed by atoms with Crippen molar-refractivity contribution in [3.8, 4) is 11.5 Å². The summed E-state index contributed by atoms with van der Waals surface area (Å²) < 4.78 is 24.2. The van der Waals surface area contributed by atoms with Crippen LogP contribution in [0.4, 0.5) is 4.39 Å². The van der Waals surface area contributed by atoms with E-state index in [2.05, 4.69) is 15.6 Å². The number of nitrogens with one attached hydrogen (secondary N) is 2. The molecule has 2 N–H and O–H groups in total. The van der Waals surface area contributed by atoms with Crippen LogP contribution < -0.4 is 20.1 Å². The maximum atomic E-state index is 13.6. The van der Waals surface area contributed by atoms with Crippen molar-refractivity contribution >= 4 is 29.9 Å². The molecule has 136 valence electrons. The SMILES string of the molecule is CN=C(NCc1ccccc1F)NCc1ccc(OC)cc1OC.I. The lowest BCUT2D eigenvalue weighted by atomic mass is 10.2. The summed E-state index contributed by atoms with van der Waals surface area (Å²) in [6.07, 6.45) is 0. The minimum Gasteiger partial charge on any atom is -0.497 e. The number of hydrogen-bond acceptors (Lipinski definition) is 3. The average molecular weight is 459 g/mol. The van der Waals surface area contributed by atoms with Gasteiger partial charge in [-0.3, -0.25) is 4.99 Å². The Morgan fingerprint density at radius 3 is 2.28 bits per heavy atom. The summed E-state index contributed by atoms with van der Waals surface area (Å²) in [6, 6.07) is 12.3. The van der Waals surface area contributed by atoms with E-state index in [0.717, 1.165) is 17.1 Å². The minimum atomic E-state index is -0.239. The molecule has 0 atom stereocenters. The Morgan fingerprint density at radius 2 is 1.68 bits per heavy atom. The monoisotopic (exact) mass is 459 g/mol. The van der Waals surface area contributed by atoms with E-state index in [0.29, 0.717) is 24.6 Å². The first-order valence-corrected chi connectivity index (χ1v) is 7.56. The molecule has 0 bridgehead atoms. The minimum absolute atomic E-state index is 0. The molecule has 2 rings (SSSR count). The van der Waals surface area contributed by atoms with E-state index in [1.54, 1.807) is 39.5 Å². The van der Waals surface area contributed by atoms with E-state index in [-0.39, 0.29) is 29.8 Å². The molecule has 0 aliphatic heterocycles. The molecule has 5 nitrogen and oxygen atoms in total. The lowest BCUT2D eigenvalue weighted by Crippen LogP contribution is -2.36. The summed E-state index contributed by atoms with van der Waals surface area (Å²) >= 11 is 0. The fraction of sp³-hybridized carbons (Fsp3) is 0.278. The maximum Gasteiger partial charge on any atom is 0.191 e. The van der Waals surface area contributed by atoms with Crippen molar-refractivity contribution in [1.29, 1.82) is 0 Å². The Balaban J connectivity index is 0.00000312. The summed E-state index contributed by atoms with van der Waals surface area (Å²) in [7, 11) is 4.90. The average Bonchev–Trinajstić information content (AvgIpc) is 2.63. The second kappa shape index (κ2) is 10.8. The number of aliphatic imine (C=N–C) groups is 1. The van der Waals surface area contributed by atoms with E-state index >= 15 is 0 Å². The van der Waals surface area contributed by atoms with Crippen molar-refractivity contribution in [2.45, 2.75) is 13.1 Å². The van der Waals surface area contributed by atoms with Crippen LogP contribution in [-0.4, -0.2) is 27.2 Å². The molecule has 2 aromatic rings. The fourth-order valence-electron chi connectivity index (χ4n) is 2.22. The van der Waals surface area contributed by atoms with Crippen LogP contribution in [-0.2, 0) is 13.1 Å². The molecule has 0 saturated heterocycles. The van der Waals surface area contributed by atoms with Crippen LogP contribution >= 0.6 is 24.0 Å². The number of guanidine groups is 1. The van der Waals surface area contributed by atoms with Gasteiger partial charge < -0.3 is 20.1 Å². The first-order valence-electron chi connectivity index (χ1n) is 7.56. The molecular formula is C18H23FIN3O2. The van der Waals surface area contributed by atoms with E-state index in [9.17, 15) is 4.39 Å². The lowest BCUT2D eigenvalue weighted by molar-refractivity contribution is 0.390. The number of hydrogen-bond donors (Lipinski definition) is 2. The Kier molecular flexibility index (Phi) is 9.04. The summed E-state index contributed by atoms with van der Waals surface area (Å²) in [5.74, 6) is 1.80. The third-order valence-electron chi connectivity index (χ3n) is 3.57. The van der Waals surface area contributed by atoms with Crippen LogP contribution in [0.2, 0.25) is 0 Å². The first-order chi connectivity index (χ1) is 11.7. The van der Waals surface area contributed by atoms with Crippen molar-refractivity contribution < 1.29 is 13.9 Å². The van der Waals surface area contributed by atoms with Crippen molar-refractivity contribution in [1.82, 2.24) is 10.6 Å². The molecule has 7 heteroatoms. The molecule has 0 spiro atoms. The van der Waals surface area contributed by atoms with Crippen LogP contribution in [0.15, 0.2) is 47.5 Å². The topological polar surface area (TPSA) is 54.9 Å². The third-order valence-corrected chi connectivity index (χ3v) is 3.57. The van der Waals surface area contributed by atoms with Gasteiger partial charge in [0.1, 0.15) is 17.3 Å². The number of nitrogens with zero attached hydrogens (tertiary/aromatic N) is 1. The zero-order chi connectivity index (χ0) is 17.4. The number of halogens is 2. The van der Waals surface area contributed by atoms with Gasteiger partial charge in [0.25, 0.3) is 0 Å². The maximum absolute atomic E-state index is 13.6. The zero-order valence-corrected chi connectivity index (χ0v) is 16.8. The Morgan fingerprint density at radius 1 is 1.00 bits per heavy atom. The Bertz CT molecular complexity index is 710. The predicted molar refractivity (Wildman–Crippen MR) is 108 cm³/mol. The van der Waals surface area contributed by atoms with Gasteiger partial charge in [0.05, 0.1) is 14.2 Å². The molecule has 0 heterocycles. The van der Waals surface area contributed by atoms with E-state index < -0.39 is 0 Å². The van der Waals surface area contributed by atoms with Crippen molar-refractivity contribution in [3.63, 3.8) is 0 Å². The molecular weight excluding hydrogens is 436 g/mol. The second-order valence-electron chi connectivity index (χ2n) is 5.05. The molecule has 0 unspecified atom stereocenters. The molecule has 0 fully saturated rings. The standard InChI is InChI=1S/C18H22FN3O2.HI/c1-20-18(21-11-13-6-4-5-7-16(13)19)22-12-14-8-9-15(23-2)10-17(14)24-3;/h4-10H,11-12H2,1-3H3,(H2,20,21,22);1H. The van der Waals surface area contributed by atoms with Gasteiger partial charge in [-0.2, -0.15) is 0 Å². The molecule has 0 aliphatic rings. The number of methoxy groups -OCH3 is 2. The van der Waals surface area contributed by atoms with Crippen LogP contribution in [0.25, 0.3) is 0 Å². The molecule has 0 radical (unpaired) electrons. The van der Waals surface area contributed by atoms with Gasteiger partial charge in [0.2, 0.25) is 0 Å². The number of benzene rings is 2. The number of ether oxygens (including phenoxy) is 2. The Hall–Kier alpha value is -2.03. The summed E-state index contributed by atoms with van der Waals surface area (Å²) in [6.45, 7) is 0.871. The molecule has 2 aromatic carbocycles. The van der Waals surface area contributed by atoms with Crippen LogP contribution in [0.3, 0.4) is 0 Å². The highest BCUT2D eigenvalue weighted by Gasteiger charge is 2.07. The van der Waals surface area contributed by atoms with Crippen LogP contribution in [0, 0.1) is 5.82 Å². The van der Waals surface area contributed by atoms with E-state index in [1.807, 2.05) is 18.2 Å².